The molecule has 0 fully saturated rings. The molecule has 1 amide bonds. The zero-order valence-electron chi connectivity index (χ0n) is 12.6. The van der Waals surface area contributed by atoms with Crippen LogP contribution in [0.4, 0.5) is 5.69 Å². The van der Waals surface area contributed by atoms with Gasteiger partial charge in [-0.2, -0.15) is 0 Å². The lowest BCUT2D eigenvalue weighted by molar-refractivity contribution is -0.135. The Labute approximate surface area is 139 Å². The molecule has 0 saturated carbocycles. The van der Waals surface area contributed by atoms with E-state index in [4.69, 9.17) is 11.6 Å². The Balaban J connectivity index is 2.02. The van der Waals surface area contributed by atoms with Crippen LogP contribution in [0.1, 0.15) is 29.3 Å². The number of amides is 1. The third-order valence-electron chi connectivity index (χ3n) is 4.12. The van der Waals surface area contributed by atoms with Gasteiger partial charge in [-0.3, -0.25) is 9.59 Å². The summed E-state index contributed by atoms with van der Waals surface area (Å²) < 4.78 is 0. The summed E-state index contributed by atoms with van der Waals surface area (Å²) >= 11 is 6.02. The minimum Gasteiger partial charge on any atom is -0.375 e. The topological polar surface area (TPSA) is 57.6 Å². The maximum Gasteiger partial charge on any atom is 0.264 e. The van der Waals surface area contributed by atoms with Crippen LogP contribution in [0.2, 0.25) is 5.02 Å². The Bertz CT molecular complexity index is 775. The highest BCUT2D eigenvalue weighted by Gasteiger charge is 2.50. The number of hydrogen-bond acceptors (Lipinski definition) is 3. The van der Waals surface area contributed by atoms with Crippen LogP contribution in [-0.2, 0) is 10.4 Å². The van der Waals surface area contributed by atoms with Gasteiger partial charge in [0.25, 0.3) is 5.91 Å². The first-order chi connectivity index (χ1) is 11.0. The number of benzene rings is 2. The monoisotopic (exact) mass is 329 g/mol. The van der Waals surface area contributed by atoms with Gasteiger partial charge in [-0.25, -0.2) is 0 Å². The summed E-state index contributed by atoms with van der Waals surface area (Å²) in [6.07, 6.45) is -0.306. The van der Waals surface area contributed by atoms with Crippen molar-refractivity contribution in [3.05, 3.63) is 64.7 Å². The van der Waals surface area contributed by atoms with E-state index >= 15 is 0 Å². The predicted molar refractivity (Wildman–Crippen MR) is 88.8 cm³/mol. The van der Waals surface area contributed by atoms with Crippen LogP contribution >= 0.6 is 11.6 Å². The second-order valence-corrected chi connectivity index (χ2v) is 5.97. The van der Waals surface area contributed by atoms with Crippen LogP contribution in [0.3, 0.4) is 0 Å². The summed E-state index contributed by atoms with van der Waals surface area (Å²) in [6.45, 7) is 2.23. The number of nitrogens with zero attached hydrogens (tertiary/aromatic N) is 1. The lowest BCUT2D eigenvalue weighted by atomic mass is 9.88. The van der Waals surface area contributed by atoms with Gasteiger partial charge in [0, 0.05) is 22.7 Å². The summed E-state index contributed by atoms with van der Waals surface area (Å²) in [5.74, 6) is -0.771. The maximum atomic E-state index is 12.7. The molecule has 1 aliphatic heterocycles. The first kappa shape index (κ1) is 15.7. The number of Topliss-reactive ketones (excluding diaryl/α,β-unsaturated/α-hetero) is 1. The van der Waals surface area contributed by atoms with Gasteiger partial charge in [0.05, 0.1) is 12.1 Å². The molecule has 1 unspecified atom stereocenters. The van der Waals surface area contributed by atoms with Gasteiger partial charge >= 0.3 is 0 Å². The Morgan fingerprint density at radius 1 is 1.22 bits per heavy atom. The number of likely N-dealkylation sites (N-methyl/N-ethyl adjacent to an activating group) is 1. The molecule has 23 heavy (non-hydrogen) atoms. The molecule has 0 aliphatic carbocycles. The van der Waals surface area contributed by atoms with Gasteiger partial charge in [-0.1, -0.05) is 41.9 Å². The van der Waals surface area contributed by atoms with Crippen molar-refractivity contribution in [2.75, 3.05) is 11.4 Å². The average Bonchev–Trinajstić information content (AvgIpc) is 2.76. The van der Waals surface area contributed by atoms with Gasteiger partial charge < -0.3 is 10.0 Å². The molecule has 1 aliphatic rings. The molecule has 5 heteroatoms. The van der Waals surface area contributed by atoms with Crippen molar-refractivity contribution in [2.24, 2.45) is 0 Å². The minimum atomic E-state index is -1.87. The predicted octanol–water partition coefficient (Wildman–Crippen LogP) is 3.17. The van der Waals surface area contributed by atoms with Crippen molar-refractivity contribution in [3.63, 3.8) is 0 Å². The molecular formula is C18H16ClNO3. The lowest BCUT2D eigenvalue weighted by Crippen LogP contribution is -2.41. The van der Waals surface area contributed by atoms with Gasteiger partial charge in [0.2, 0.25) is 0 Å². The molecule has 0 saturated heterocycles. The number of carbonyl (C=O) groups excluding carboxylic acids is 2. The second-order valence-electron chi connectivity index (χ2n) is 5.54. The van der Waals surface area contributed by atoms with Gasteiger partial charge in [0.15, 0.2) is 11.4 Å². The fourth-order valence-electron chi connectivity index (χ4n) is 2.97. The third-order valence-corrected chi connectivity index (χ3v) is 4.36. The van der Waals surface area contributed by atoms with E-state index in [1.807, 2.05) is 6.92 Å². The van der Waals surface area contributed by atoms with Gasteiger partial charge in [-0.15, -0.1) is 0 Å². The number of ketones is 1. The standard InChI is InChI=1S/C18H16ClNO3/c1-2-20-15-9-8-13(19)10-14(15)18(23,17(20)22)11-16(21)12-6-4-3-5-7-12/h3-10,23H,2,11H2,1H3. The Morgan fingerprint density at radius 3 is 2.57 bits per heavy atom. The molecule has 0 radical (unpaired) electrons. The van der Waals surface area contributed by atoms with Crippen molar-refractivity contribution in [1.82, 2.24) is 0 Å². The largest absolute Gasteiger partial charge is 0.375 e. The number of hydrogen-bond donors (Lipinski definition) is 1. The van der Waals surface area contributed by atoms with E-state index in [-0.39, 0.29) is 12.2 Å². The fraction of sp³-hybridized carbons (Fsp3) is 0.222. The summed E-state index contributed by atoms with van der Waals surface area (Å²) in [5, 5.41) is 11.4. The molecule has 0 bridgehead atoms. The summed E-state index contributed by atoms with van der Waals surface area (Å²) in [5.41, 5.74) is -0.415. The average molecular weight is 330 g/mol. The van der Waals surface area contributed by atoms with Crippen molar-refractivity contribution in [2.45, 2.75) is 18.9 Å². The molecule has 118 valence electrons. The highest BCUT2D eigenvalue weighted by atomic mass is 35.5. The first-order valence-electron chi connectivity index (χ1n) is 7.40. The van der Waals surface area contributed by atoms with E-state index in [0.717, 1.165) is 0 Å². The smallest absolute Gasteiger partial charge is 0.264 e. The number of fused-ring (bicyclic) bond motifs is 1. The van der Waals surface area contributed by atoms with Crippen LogP contribution in [0, 0.1) is 0 Å². The number of carbonyl (C=O) groups is 2. The number of anilines is 1. The second kappa shape index (κ2) is 5.80. The normalized spacial score (nSPS) is 19.8. The van der Waals surface area contributed by atoms with Crippen molar-refractivity contribution in [1.29, 1.82) is 0 Å². The van der Waals surface area contributed by atoms with E-state index in [1.165, 1.54) is 4.90 Å². The lowest BCUT2D eigenvalue weighted by Gasteiger charge is -2.22. The Kier molecular flexibility index (Phi) is 3.96. The van der Waals surface area contributed by atoms with Crippen LogP contribution in [0.25, 0.3) is 0 Å². The highest BCUT2D eigenvalue weighted by Crippen LogP contribution is 2.43. The number of aliphatic hydroxyl groups is 1. The van der Waals surface area contributed by atoms with E-state index in [0.29, 0.717) is 28.4 Å². The molecule has 2 aromatic carbocycles. The van der Waals surface area contributed by atoms with Gasteiger partial charge in [0.1, 0.15) is 0 Å². The summed E-state index contributed by atoms with van der Waals surface area (Å²) in [4.78, 5) is 26.6. The maximum absolute atomic E-state index is 12.7. The number of rotatable bonds is 4. The minimum absolute atomic E-state index is 0.287. The zero-order chi connectivity index (χ0) is 16.6. The molecule has 2 aromatic rings. The molecule has 0 spiro atoms. The van der Waals surface area contributed by atoms with E-state index in [9.17, 15) is 14.7 Å². The molecule has 1 atom stereocenters. The van der Waals surface area contributed by atoms with Crippen molar-refractivity contribution < 1.29 is 14.7 Å². The molecule has 4 nitrogen and oxygen atoms in total. The van der Waals surface area contributed by atoms with Crippen molar-refractivity contribution in [3.8, 4) is 0 Å². The zero-order valence-corrected chi connectivity index (χ0v) is 13.4. The number of halogens is 1. The Hall–Kier alpha value is -2.17. The van der Waals surface area contributed by atoms with Crippen molar-refractivity contribution >= 4 is 29.0 Å². The Morgan fingerprint density at radius 2 is 1.91 bits per heavy atom. The molecule has 0 aromatic heterocycles. The fourth-order valence-corrected chi connectivity index (χ4v) is 3.14. The highest BCUT2D eigenvalue weighted by molar-refractivity contribution is 6.31. The molecule has 1 heterocycles. The van der Waals surface area contributed by atoms with Crippen LogP contribution in [0.15, 0.2) is 48.5 Å². The van der Waals surface area contributed by atoms with Gasteiger partial charge in [-0.05, 0) is 25.1 Å². The molecule has 1 N–H and O–H groups in total. The summed E-state index contributed by atoms with van der Waals surface area (Å²) in [7, 11) is 0. The summed E-state index contributed by atoms with van der Waals surface area (Å²) in [6, 6.07) is 13.6. The van der Waals surface area contributed by atoms with E-state index in [2.05, 4.69) is 0 Å². The van der Waals surface area contributed by atoms with Crippen LogP contribution in [0.5, 0.6) is 0 Å². The molecular weight excluding hydrogens is 314 g/mol. The SMILES string of the molecule is CCN1C(=O)C(O)(CC(=O)c2ccccc2)c2cc(Cl)ccc21. The first-order valence-corrected chi connectivity index (χ1v) is 7.78. The van der Waals surface area contributed by atoms with E-state index in [1.54, 1.807) is 48.5 Å². The van der Waals surface area contributed by atoms with E-state index < -0.39 is 11.5 Å². The quantitative estimate of drug-likeness (QED) is 0.876. The van der Waals surface area contributed by atoms with Crippen LogP contribution < -0.4 is 4.90 Å². The molecule has 3 rings (SSSR count). The third kappa shape index (κ3) is 2.54. The van der Waals surface area contributed by atoms with Crippen LogP contribution in [-0.4, -0.2) is 23.3 Å².